The summed E-state index contributed by atoms with van der Waals surface area (Å²) in [6.45, 7) is 4.15. The van der Waals surface area contributed by atoms with Crippen molar-refractivity contribution in [1.29, 1.82) is 0 Å². The third kappa shape index (κ3) is 2.93. The predicted molar refractivity (Wildman–Crippen MR) is 79.1 cm³/mol. The molecule has 20 heavy (non-hydrogen) atoms. The maximum Gasteiger partial charge on any atom is 0.141 e. The van der Waals surface area contributed by atoms with E-state index in [2.05, 4.69) is 24.1 Å². The second-order valence-corrected chi connectivity index (χ2v) is 4.90. The molecule has 0 amide bonds. The Labute approximate surface area is 119 Å². The highest BCUT2D eigenvalue weighted by Crippen LogP contribution is 2.28. The maximum absolute atomic E-state index is 9.68. The van der Waals surface area contributed by atoms with Crippen molar-refractivity contribution in [2.45, 2.75) is 25.9 Å². The van der Waals surface area contributed by atoms with Crippen LogP contribution in [0.15, 0.2) is 36.8 Å². The van der Waals surface area contributed by atoms with Crippen LogP contribution in [0.1, 0.15) is 31.6 Å². The van der Waals surface area contributed by atoms with Crippen molar-refractivity contribution < 1.29 is 9.84 Å². The van der Waals surface area contributed by atoms with Gasteiger partial charge in [-0.1, -0.05) is 12.1 Å². The van der Waals surface area contributed by atoms with Crippen LogP contribution in [0.25, 0.3) is 0 Å². The molecule has 0 bridgehead atoms. The van der Waals surface area contributed by atoms with Crippen LogP contribution in [0.3, 0.4) is 0 Å². The number of nitrogens with zero attached hydrogens (tertiary/aromatic N) is 2. The molecule has 0 aliphatic carbocycles. The molecule has 0 saturated carbocycles. The third-order valence-electron chi connectivity index (χ3n) is 3.23. The van der Waals surface area contributed by atoms with E-state index in [4.69, 9.17) is 4.74 Å². The number of hydrogen-bond donors (Lipinski definition) is 2. The standard InChI is InChI=1S/C15H21N3O2/c1-11(2)18-10-16-8-14(18)13(9-19)17-12-6-4-5-7-15(12)20-3/h4-8,10-11,13,17,19H,9H2,1-3H3. The number of rotatable bonds is 6. The highest BCUT2D eigenvalue weighted by Gasteiger charge is 2.17. The van der Waals surface area contributed by atoms with E-state index in [0.717, 1.165) is 17.1 Å². The molecule has 5 nitrogen and oxygen atoms in total. The topological polar surface area (TPSA) is 59.3 Å². The van der Waals surface area contributed by atoms with Gasteiger partial charge in [0, 0.05) is 6.04 Å². The van der Waals surface area contributed by atoms with Crippen LogP contribution in [0.4, 0.5) is 5.69 Å². The normalized spacial score (nSPS) is 12.4. The molecular formula is C15H21N3O2. The van der Waals surface area contributed by atoms with E-state index in [1.807, 2.05) is 28.8 Å². The molecule has 0 aliphatic heterocycles. The van der Waals surface area contributed by atoms with Crippen LogP contribution in [0.5, 0.6) is 5.75 Å². The summed E-state index contributed by atoms with van der Waals surface area (Å²) in [5.74, 6) is 0.751. The van der Waals surface area contributed by atoms with E-state index >= 15 is 0 Å². The van der Waals surface area contributed by atoms with E-state index in [1.54, 1.807) is 19.6 Å². The van der Waals surface area contributed by atoms with E-state index < -0.39 is 0 Å². The number of hydrogen-bond acceptors (Lipinski definition) is 4. The molecule has 1 atom stereocenters. The zero-order valence-electron chi connectivity index (χ0n) is 12.1. The molecular weight excluding hydrogens is 254 g/mol. The Morgan fingerprint density at radius 3 is 2.75 bits per heavy atom. The van der Waals surface area contributed by atoms with Gasteiger partial charge in [0.25, 0.3) is 0 Å². The van der Waals surface area contributed by atoms with E-state index in [-0.39, 0.29) is 12.6 Å². The van der Waals surface area contributed by atoms with Gasteiger partial charge in [-0.2, -0.15) is 0 Å². The predicted octanol–water partition coefficient (Wildman–Crippen LogP) is 2.62. The monoisotopic (exact) mass is 275 g/mol. The summed E-state index contributed by atoms with van der Waals surface area (Å²) in [4.78, 5) is 4.18. The van der Waals surface area contributed by atoms with Crippen molar-refractivity contribution in [2.75, 3.05) is 19.0 Å². The second kappa shape index (κ2) is 6.43. The molecule has 1 unspecified atom stereocenters. The van der Waals surface area contributed by atoms with E-state index in [0.29, 0.717) is 6.04 Å². The fourth-order valence-electron chi connectivity index (χ4n) is 2.18. The minimum Gasteiger partial charge on any atom is -0.495 e. The minimum absolute atomic E-state index is 0.0174. The smallest absolute Gasteiger partial charge is 0.141 e. The van der Waals surface area contributed by atoms with Crippen LogP contribution in [-0.4, -0.2) is 28.4 Å². The number of aromatic nitrogens is 2. The lowest BCUT2D eigenvalue weighted by atomic mass is 10.2. The average molecular weight is 275 g/mol. The van der Waals surface area contributed by atoms with Gasteiger partial charge in [-0.05, 0) is 26.0 Å². The summed E-state index contributed by atoms with van der Waals surface area (Å²) in [5.41, 5.74) is 1.80. The number of anilines is 1. The first kappa shape index (κ1) is 14.4. The van der Waals surface area contributed by atoms with Gasteiger partial charge in [0.1, 0.15) is 5.75 Å². The Hall–Kier alpha value is -2.01. The molecule has 0 radical (unpaired) electrons. The average Bonchev–Trinajstić information content (AvgIpc) is 2.94. The van der Waals surface area contributed by atoms with Gasteiger partial charge in [0.05, 0.1) is 43.7 Å². The number of imidazole rings is 1. The summed E-state index contributed by atoms with van der Waals surface area (Å²) >= 11 is 0. The molecule has 2 N–H and O–H groups in total. The molecule has 0 saturated heterocycles. The highest BCUT2D eigenvalue weighted by atomic mass is 16.5. The molecule has 1 aromatic heterocycles. The number of nitrogens with one attached hydrogen (secondary N) is 1. The number of benzene rings is 1. The maximum atomic E-state index is 9.68. The molecule has 2 rings (SSSR count). The van der Waals surface area contributed by atoms with Crippen molar-refractivity contribution in [1.82, 2.24) is 9.55 Å². The number of aliphatic hydroxyl groups is 1. The lowest BCUT2D eigenvalue weighted by Crippen LogP contribution is -2.19. The van der Waals surface area contributed by atoms with Crippen LogP contribution in [-0.2, 0) is 0 Å². The molecule has 0 spiro atoms. The first-order chi connectivity index (χ1) is 9.67. The number of para-hydroxylation sites is 2. The third-order valence-corrected chi connectivity index (χ3v) is 3.23. The number of methoxy groups -OCH3 is 1. The molecule has 1 heterocycles. The lowest BCUT2D eigenvalue weighted by Gasteiger charge is -2.22. The van der Waals surface area contributed by atoms with Crippen molar-refractivity contribution in [3.8, 4) is 5.75 Å². The Balaban J connectivity index is 2.27. The summed E-state index contributed by atoms with van der Waals surface area (Å²) < 4.78 is 7.36. The molecule has 2 aromatic rings. The van der Waals surface area contributed by atoms with Crippen LogP contribution in [0.2, 0.25) is 0 Å². The summed E-state index contributed by atoms with van der Waals surface area (Å²) in [5, 5.41) is 13.0. The van der Waals surface area contributed by atoms with Gasteiger partial charge < -0.3 is 19.7 Å². The zero-order valence-corrected chi connectivity index (χ0v) is 12.1. The summed E-state index contributed by atoms with van der Waals surface area (Å²) in [7, 11) is 1.63. The minimum atomic E-state index is -0.226. The van der Waals surface area contributed by atoms with Crippen LogP contribution < -0.4 is 10.1 Å². The fraction of sp³-hybridized carbons (Fsp3) is 0.400. The zero-order chi connectivity index (χ0) is 14.5. The largest absolute Gasteiger partial charge is 0.495 e. The van der Waals surface area contributed by atoms with Crippen molar-refractivity contribution >= 4 is 5.69 Å². The van der Waals surface area contributed by atoms with E-state index in [9.17, 15) is 5.11 Å². The molecule has 0 fully saturated rings. The summed E-state index contributed by atoms with van der Waals surface area (Å²) in [6, 6.07) is 7.72. The Morgan fingerprint density at radius 2 is 2.10 bits per heavy atom. The molecule has 0 aliphatic rings. The second-order valence-electron chi connectivity index (χ2n) is 4.90. The highest BCUT2D eigenvalue weighted by molar-refractivity contribution is 5.57. The van der Waals surface area contributed by atoms with Crippen LogP contribution in [0, 0.1) is 0 Å². The summed E-state index contributed by atoms with van der Waals surface area (Å²) in [6.07, 6.45) is 3.57. The van der Waals surface area contributed by atoms with Crippen molar-refractivity contribution in [3.63, 3.8) is 0 Å². The molecule has 1 aromatic carbocycles. The van der Waals surface area contributed by atoms with E-state index in [1.165, 1.54) is 0 Å². The van der Waals surface area contributed by atoms with Gasteiger partial charge in [0.2, 0.25) is 0 Å². The quantitative estimate of drug-likeness (QED) is 0.851. The van der Waals surface area contributed by atoms with Gasteiger partial charge in [0.15, 0.2) is 0 Å². The Bertz CT molecular complexity index is 552. The number of aliphatic hydroxyl groups excluding tert-OH is 1. The SMILES string of the molecule is COc1ccccc1NC(CO)c1cncn1C(C)C. The molecule has 108 valence electrons. The van der Waals surface area contributed by atoms with Gasteiger partial charge in [-0.25, -0.2) is 4.98 Å². The van der Waals surface area contributed by atoms with Gasteiger partial charge in [-0.3, -0.25) is 0 Å². The van der Waals surface area contributed by atoms with Gasteiger partial charge >= 0.3 is 0 Å². The number of ether oxygens (including phenoxy) is 1. The first-order valence-electron chi connectivity index (χ1n) is 6.69. The fourth-order valence-corrected chi connectivity index (χ4v) is 2.18. The van der Waals surface area contributed by atoms with Crippen LogP contribution >= 0.6 is 0 Å². The lowest BCUT2D eigenvalue weighted by molar-refractivity contribution is 0.270. The van der Waals surface area contributed by atoms with Crippen molar-refractivity contribution in [3.05, 3.63) is 42.5 Å². The first-order valence-corrected chi connectivity index (χ1v) is 6.69. The Morgan fingerprint density at radius 1 is 1.35 bits per heavy atom. The van der Waals surface area contributed by atoms with Crippen molar-refractivity contribution in [2.24, 2.45) is 0 Å². The van der Waals surface area contributed by atoms with Gasteiger partial charge in [-0.15, -0.1) is 0 Å². The Kier molecular flexibility index (Phi) is 4.63. The molecule has 5 heteroatoms.